The van der Waals surface area contributed by atoms with E-state index in [4.69, 9.17) is 0 Å². The summed E-state index contributed by atoms with van der Waals surface area (Å²) in [6.07, 6.45) is 0. The van der Waals surface area contributed by atoms with Crippen LogP contribution in [0.25, 0.3) is 0 Å². The third-order valence-corrected chi connectivity index (χ3v) is 0.876. The van der Waals surface area contributed by atoms with Crippen molar-refractivity contribution in [3.8, 4) is 0 Å². The van der Waals surface area contributed by atoms with Gasteiger partial charge in [-0.25, -0.2) is 0 Å². The molecular formula is C4H10N2O. The molecule has 3 heteroatoms. The van der Waals surface area contributed by atoms with Crippen LogP contribution in [0.1, 0.15) is 13.8 Å². The molecule has 0 unspecified atom stereocenters. The minimum Gasteiger partial charge on any atom is -0.261 e. The number of hydrogen-bond acceptors (Lipinski definition) is 2. The van der Waals surface area contributed by atoms with Gasteiger partial charge in [-0.05, 0) is 13.8 Å². The fourth-order valence-corrected chi connectivity index (χ4v) is 0.0943. The van der Waals surface area contributed by atoms with Gasteiger partial charge in [-0.2, -0.15) is 0 Å². The SMILES string of the molecule is CC(C)N(C)N=O. The molecule has 0 amide bonds. The van der Waals surface area contributed by atoms with Gasteiger partial charge in [0.05, 0.1) is 5.29 Å². The third kappa shape index (κ3) is 2.14. The zero-order chi connectivity index (χ0) is 5.86. The van der Waals surface area contributed by atoms with Gasteiger partial charge in [0.1, 0.15) is 0 Å². The Hall–Kier alpha value is -0.600. The molecule has 0 rings (SSSR count). The van der Waals surface area contributed by atoms with Crippen LogP contribution in [0.15, 0.2) is 5.29 Å². The fourth-order valence-electron chi connectivity index (χ4n) is 0.0943. The van der Waals surface area contributed by atoms with E-state index in [1.54, 1.807) is 7.05 Å². The summed E-state index contributed by atoms with van der Waals surface area (Å²) in [4.78, 5) is 9.62. The first-order valence-corrected chi connectivity index (χ1v) is 2.24. The van der Waals surface area contributed by atoms with Gasteiger partial charge in [-0.15, -0.1) is 4.91 Å². The molecule has 0 heterocycles. The van der Waals surface area contributed by atoms with Crippen molar-refractivity contribution >= 4 is 0 Å². The Labute approximate surface area is 43.3 Å². The van der Waals surface area contributed by atoms with E-state index in [-0.39, 0.29) is 6.04 Å². The van der Waals surface area contributed by atoms with E-state index >= 15 is 0 Å². The van der Waals surface area contributed by atoms with Crippen LogP contribution in [-0.4, -0.2) is 18.1 Å². The van der Waals surface area contributed by atoms with E-state index in [1.165, 1.54) is 5.01 Å². The summed E-state index contributed by atoms with van der Waals surface area (Å²) in [5.74, 6) is 0. The lowest BCUT2D eigenvalue weighted by Gasteiger charge is -2.10. The van der Waals surface area contributed by atoms with Crippen molar-refractivity contribution in [2.45, 2.75) is 19.9 Å². The van der Waals surface area contributed by atoms with Gasteiger partial charge < -0.3 is 0 Å². The smallest absolute Gasteiger partial charge is 0.0523 e. The topological polar surface area (TPSA) is 32.7 Å². The van der Waals surface area contributed by atoms with Gasteiger partial charge in [-0.3, -0.25) is 5.01 Å². The van der Waals surface area contributed by atoms with Gasteiger partial charge in [0.25, 0.3) is 0 Å². The summed E-state index contributed by atoms with van der Waals surface area (Å²) < 4.78 is 0. The molecule has 0 aromatic rings. The summed E-state index contributed by atoms with van der Waals surface area (Å²) in [7, 11) is 1.65. The van der Waals surface area contributed by atoms with Gasteiger partial charge in [0, 0.05) is 13.1 Å². The molecule has 0 aromatic heterocycles. The summed E-state index contributed by atoms with van der Waals surface area (Å²) in [6.45, 7) is 3.81. The lowest BCUT2D eigenvalue weighted by molar-refractivity contribution is 0.284. The molecule has 0 fully saturated rings. The Morgan fingerprint density at radius 3 is 2.00 bits per heavy atom. The first kappa shape index (κ1) is 6.40. The standard InChI is InChI=1S/C4H10N2O/c1-4(2)6(3)5-7/h4H,1-3H3. The molecule has 0 aliphatic carbocycles. The molecule has 0 aromatic carbocycles. The van der Waals surface area contributed by atoms with Gasteiger partial charge in [0.15, 0.2) is 0 Å². The maximum atomic E-state index is 9.62. The minimum absolute atomic E-state index is 0.220. The summed E-state index contributed by atoms with van der Waals surface area (Å²) in [6, 6.07) is 0.220. The van der Waals surface area contributed by atoms with Gasteiger partial charge in [-0.1, -0.05) is 0 Å². The van der Waals surface area contributed by atoms with Crippen LogP contribution in [0.3, 0.4) is 0 Å². The van der Waals surface area contributed by atoms with Crippen molar-refractivity contribution in [3.63, 3.8) is 0 Å². The van der Waals surface area contributed by atoms with Gasteiger partial charge >= 0.3 is 0 Å². The van der Waals surface area contributed by atoms with Crippen molar-refractivity contribution in [3.05, 3.63) is 4.91 Å². The Bertz CT molecular complexity index is 62.7. The van der Waals surface area contributed by atoms with E-state index in [1.807, 2.05) is 13.8 Å². The second kappa shape index (κ2) is 2.55. The largest absolute Gasteiger partial charge is 0.261 e. The Morgan fingerprint density at radius 2 is 2.00 bits per heavy atom. The Kier molecular flexibility index (Phi) is 2.33. The van der Waals surface area contributed by atoms with Gasteiger partial charge in [0.2, 0.25) is 0 Å². The summed E-state index contributed by atoms with van der Waals surface area (Å²) in [5, 5.41) is 4.03. The van der Waals surface area contributed by atoms with E-state index in [2.05, 4.69) is 5.29 Å². The quantitative estimate of drug-likeness (QED) is 0.385. The lowest BCUT2D eigenvalue weighted by atomic mass is 10.4. The van der Waals surface area contributed by atoms with Crippen LogP contribution < -0.4 is 0 Å². The molecule has 0 saturated carbocycles. The molecular weight excluding hydrogens is 92.1 g/mol. The maximum Gasteiger partial charge on any atom is 0.0523 e. The molecule has 0 spiro atoms. The van der Waals surface area contributed by atoms with Crippen molar-refractivity contribution in [1.29, 1.82) is 0 Å². The third-order valence-electron chi connectivity index (χ3n) is 0.876. The lowest BCUT2D eigenvalue weighted by Crippen LogP contribution is -2.18. The van der Waals surface area contributed by atoms with Crippen LogP contribution >= 0.6 is 0 Å². The molecule has 3 nitrogen and oxygen atoms in total. The van der Waals surface area contributed by atoms with Crippen molar-refractivity contribution in [2.75, 3.05) is 7.05 Å². The highest BCUT2D eigenvalue weighted by atomic mass is 16.3. The zero-order valence-electron chi connectivity index (χ0n) is 4.88. The first-order valence-electron chi connectivity index (χ1n) is 2.24. The highest BCUT2D eigenvalue weighted by Crippen LogP contribution is 1.90. The number of nitroso groups, excluding NO2 is 1. The normalized spacial score (nSPS) is 9.14. The average molecular weight is 102 g/mol. The molecule has 7 heavy (non-hydrogen) atoms. The van der Waals surface area contributed by atoms with Crippen molar-refractivity contribution in [2.24, 2.45) is 5.29 Å². The van der Waals surface area contributed by atoms with Crippen LogP contribution in [0, 0.1) is 4.91 Å². The zero-order valence-corrected chi connectivity index (χ0v) is 4.88. The molecule has 42 valence electrons. The molecule has 0 aliphatic heterocycles. The summed E-state index contributed by atoms with van der Waals surface area (Å²) in [5.41, 5.74) is 0. The number of nitrogens with zero attached hydrogens (tertiary/aromatic N) is 2. The molecule has 0 N–H and O–H groups in total. The predicted octanol–water partition coefficient (Wildman–Crippen LogP) is 1.01. The van der Waals surface area contributed by atoms with E-state index < -0.39 is 0 Å². The molecule has 0 saturated heterocycles. The Balaban J connectivity index is 3.33. The predicted molar refractivity (Wildman–Crippen MR) is 28.7 cm³/mol. The van der Waals surface area contributed by atoms with Crippen LogP contribution in [0.4, 0.5) is 0 Å². The molecule has 0 radical (unpaired) electrons. The monoisotopic (exact) mass is 102 g/mol. The van der Waals surface area contributed by atoms with Crippen LogP contribution in [0.2, 0.25) is 0 Å². The van der Waals surface area contributed by atoms with E-state index in [0.29, 0.717) is 0 Å². The minimum atomic E-state index is 0.220. The second-order valence-electron chi connectivity index (χ2n) is 1.75. The van der Waals surface area contributed by atoms with Crippen molar-refractivity contribution in [1.82, 2.24) is 5.01 Å². The fraction of sp³-hybridized carbons (Fsp3) is 1.00. The summed E-state index contributed by atoms with van der Waals surface area (Å²) >= 11 is 0. The van der Waals surface area contributed by atoms with Crippen LogP contribution in [-0.2, 0) is 0 Å². The second-order valence-corrected chi connectivity index (χ2v) is 1.75. The van der Waals surface area contributed by atoms with E-state index in [9.17, 15) is 4.91 Å². The average Bonchev–Trinajstić information content (AvgIpc) is 1.65. The number of rotatable bonds is 2. The van der Waals surface area contributed by atoms with E-state index in [0.717, 1.165) is 0 Å². The maximum absolute atomic E-state index is 9.62. The van der Waals surface area contributed by atoms with Crippen molar-refractivity contribution < 1.29 is 0 Å². The highest BCUT2D eigenvalue weighted by molar-refractivity contribution is 4.47. The first-order chi connectivity index (χ1) is 3.18. The molecule has 0 atom stereocenters. The highest BCUT2D eigenvalue weighted by Gasteiger charge is 1.96. The Morgan fingerprint density at radius 1 is 1.57 bits per heavy atom. The molecule has 0 aliphatic rings. The number of hydrogen-bond donors (Lipinski definition) is 0. The van der Waals surface area contributed by atoms with Crippen LogP contribution in [0.5, 0.6) is 0 Å². The molecule has 0 bridgehead atoms.